The standard InChI is InChI=1S/C12H9BrClF2NO/c1-17-12(10-2-3-11(13)18-10)6-4-9(16)7(14)5-8(6)15/h2-5,12,17H,1H3. The Balaban J connectivity index is 2.48. The molecule has 0 aliphatic carbocycles. The van der Waals surface area contributed by atoms with E-state index in [4.69, 9.17) is 16.0 Å². The molecule has 0 bridgehead atoms. The molecule has 0 fully saturated rings. The predicted octanol–water partition coefficient (Wildman–Crippen LogP) is 4.28. The Bertz CT molecular complexity index is 573. The van der Waals surface area contributed by atoms with Crippen LogP contribution in [0.4, 0.5) is 8.78 Å². The van der Waals surface area contributed by atoms with Crippen molar-refractivity contribution in [3.63, 3.8) is 0 Å². The molecule has 1 aromatic carbocycles. The summed E-state index contributed by atoms with van der Waals surface area (Å²) < 4.78 is 33.1. The van der Waals surface area contributed by atoms with Gasteiger partial charge in [0.05, 0.1) is 11.1 Å². The maximum Gasteiger partial charge on any atom is 0.169 e. The van der Waals surface area contributed by atoms with Crippen molar-refractivity contribution in [1.29, 1.82) is 0 Å². The van der Waals surface area contributed by atoms with Gasteiger partial charge in [-0.15, -0.1) is 0 Å². The SMILES string of the molecule is CNC(c1ccc(Br)o1)c1cc(F)c(Cl)cc1F. The van der Waals surface area contributed by atoms with Crippen LogP contribution in [-0.4, -0.2) is 7.05 Å². The van der Waals surface area contributed by atoms with Gasteiger partial charge in [0.15, 0.2) is 4.67 Å². The van der Waals surface area contributed by atoms with Crippen molar-refractivity contribution in [3.8, 4) is 0 Å². The molecule has 6 heteroatoms. The molecular formula is C12H9BrClF2NO. The van der Waals surface area contributed by atoms with Gasteiger partial charge in [-0.25, -0.2) is 8.78 Å². The fourth-order valence-electron chi connectivity index (χ4n) is 1.69. The number of nitrogens with one attached hydrogen (secondary N) is 1. The summed E-state index contributed by atoms with van der Waals surface area (Å²) in [5.41, 5.74) is 0.140. The average Bonchev–Trinajstić information content (AvgIpc) is 2.73. The highest BCUT2D eigenvalue weighted by molar-refractivity contribution is 9.10. The van der Waals surface area contributed by atoms with Crippen LogP contribution in [0.1, 0.15) is 17.4 Å². The number of hydrogen-bond acceptors (Lipinski definition) is 2. The molecule has 2 nitrogen and oxygen atoms in total. The number of rotatable bonds is 3. The number of hydrogen-bond donors (Lipinski definition) is 1. The van der Waals surface area contributed by atoms with Crippen LogP contribution in [-0.2, 0) is 0 Å². The van der Waals surface area contributed by atoms with Gasteiger partial charge in [-0.3, -0.25) is 0 Å². The molecule has 2 aromatic rings. The van der Waals surface area contributed by atoms with E-state index in [0.29, 0.717) is 10.4 Å². The van der Waals surface area contributed by atoms with Gasteiger partial charge in [0.25, 0.3) is 0 Å². The van der Waals surface area contributed by atoms with Crippen molar-refractivity contribution in [2.45, 2.75) is 6.04 Å². The molecule has 0 aliphatic rings. The summed E-state index contributed by atoms with van der Waals surface area (Å²) >= 11 is 8.68. The van der Waals surface area contributed by atoms with Gasteiger partial charge in [-0.05, 0) is 47.2 Å². The summed E-state index contributed by atoms with van der Waals surface area (Å²) in [5.74, 6) is -0.780. The molecule has 18 heavy (non-hydrogen) atoms. The van der Waals surface area contributed by atoms with Gasteiger partial charge >= 0.3 is 0 Å². The molecule has 0 radical (unpaired) electrons. The third kappa shape index (κ3) is 2.58. The first-order chi connectivity index (χ1) is 8.52. The molecule has 2 rings (SSSR count). The van der Waals surface area contributed by atoms with Gasteiger partial charge in [-0.2, -0.15) is 0 Å². The normalized spacial score (nSPS) is 12.7. The molecule has 1 N–H and O–H groups in total. The highest BCUT2D eigenvalue weighted by Gasteiger charge is 2.21. The fraction of sp³-hybridized carbons (Fsp3) is 0.167. The van der Waals surface area contributed by atoms with Gasteiger partial charge in [0, 0.05) is 5.56 Å². The average molecular weight is 337 g/mol. The largest absolute Gasteiger partial charge is 0.452 e. The zero-order valence-corrected chi connectivity index (χ0v) is 11.6. The van der Waals surface area contributed by atoms with E-state index >= 15 is 0 Å². The third-order valence-corrected chi connectivity index (χ3v) is 3.23. The summed E-state index contributed by atoms with van der Waals surface area (Å²) in [5, 5.41) is 2.63. The molecule has 0 aliphatic heterocycles. The highest BCUT2D eigenvalue weighted by Crippen LogP contribution is 2.30. The molecule has 1 aromatic heterocycles. The molecule has 0 amide bonds. The van der Waals surface area contributed by atoms with Gasteiger partial charge in [-0.1, -0.05) is 11.6 Å². The van der Waals surface area contributed by atoms with Gasteiger partial charge in [0.2, 0.25) is 0 Å². The minimum atomic E-state index is -0.668. The van der Waals surface area contributed by atoms with Crippen molar-refractivity contribution in [3.05, 3.63) is 56.9 Å². The Morgan fingerprint density at radius 3 is 2.56 bits per heavy atom. The third-order valence-electron chi connectivity index (χ3n) is 2.52. The Hall–Kier alpha value is -0.910. The monoisotopic (exact) mass is 335 g/mol. The summed E-state index contributed by atoms with van der Waals surface area (Å²) in [6.07, 6.45) is 0. The summed E-state index contributed by atoms with van der Waals surface area (Å²) in [6.45, 7) is 0. The van der Waals surface area contributed by atoms with Gasteiger partial charge in [0.1, 0.15) is 17.4 Å². The van der Waals surface area contributed by atoms with E-state index in [1.165, 1.54) is 0 Å². The first-order valence-corrected chi connectivity index (χ1v) is 6.27. The van der Waals surface area contributed by atoms with Crippen LogP contribution in [0.2, 0.25) is 5.02 Å². The van der Waals surface area contributed by atoms with E-state index in [9.17, 15) is 8.78 Å². The summed E-state index contributed by atoms with van der Waals surface area (Å²) in [6, 6.07) is 4.80. The minimum Gasteiger partial charge on any atom is -0.452 e. The minimum absolute atomic E-state index is 0.140. The van der Waals surface area contributed by atoms with Crippen molar-refractivity contribution in [1.82, 2.24) is 5.32 Å². The number of furan rings is 1. The lowest BCUT2D eigenvalue weighted by Gasteiger charge is -2.15. The van der Waals surface area contributed by atoms with Crippen LogP contribution in [0.5, 0.6) is 0 Å². The second kappa shape index (κ2) is 5.38. The zero-order valence-electron chi connectivity index (χ0n) is 9.31. The fourth-order valence-corrected chi connectivity index (χ4v) is 2.16. The first kappa shape index (κ1) is 13.5. The molecule has 1 heterocycles. The second-order valence-electron chi connectivity index (χ2n) is 3.65. The van der Waals surface area contributed by atoms with E-state index < -0.39 is 17.7 Å². The Kier molecular flexibility index (Phi) is 4.04. The Morgan fingerprint density at radius 2 is 2.00 bits per heavy atom. The lowest BCUT2D eigenvalue weighted by atomic mass is 10.0. The van der Waals surface area contributed by atoms with Crippen LogP contribution in [0.3, 0.4) is 0 Å². The van der Waals surface area contributed by atoms with E-state index in [2.05, 4.69) is 21.2 Å². The molecule has 0 spiro atoms. The molecule has 0 saturated heterocycles. The molecule has 1 unspecified atom stereocenters. The van der Waals surface area contributed by atoms with Crippen LogP contribution in [0, 0.1) is 11.6 Å². The lowest BCUT2D eigenvalue weighted by Crippen LogP contribution is -2.18. The van der Waals surface area contributed by atoms with Crippen LogP contribution in [0.25, 0.3) is 0 Å². The maximum atomic E-state index is 13.8. The Labute approximate surface area is 116 Å². The van der Waals surface area contributed by atoms with Crippen molar-refractivity contribution in [2.75, 3.05) is 7.05 Å². The van der Waals surface area contributed by atoms with Crippen molar-refractivity contribution < 1.29 is 13.2 Å². The number of benzene rings is 1. The molecular weight excluding hydrogens is 327 g/mol. The van der Waals surface area contributed by atoms with Crippen LogP contribution >= 0.6 is 27.5 Å². The summed E-state index contributed by atoms with van der Waals surface area (Å²) in [7, 11) is 1.63. The topological polar surface area (TPSA) is 25.2 Å². The predicted molar refractivity (Wildman–Crippen MR) is 68.7 cm³/mol. The highest BCUT2D eigenvalue weighted by atomic mass is 79.9. The maximum absolute atomic E-state index is 13.8. The quantitative estimate of drug-likeness (QED) is 0.846. The van der Waals surface area contributed by atoms with E-state index in [1.807, 2.05) is 0 Å². The zero-order chi connectivity index (χ0) is 13.3. The Morgan fingerprint density at radius 1 is 1.28 bits per heavy atom. The smallest absolute Gasteiger partial charge is 0.169 e. The first-order valence-electron chi connectivity index (χ1n) is 5.10. The van der Waals surface area contributed by atoms with E-state index in [-0.39, 0.29) is 10.6 Å². The second-order valence-corrected chi connectivity index (χ2v) is 4.84. The molecule has 96 valence electrons. The number of halogens is 4. The molecule has 0 saturated carbocycles. The molecule has 1 atom stereocenters. The van der Waals surface area contributed by atoms with Gasteiger partial charge < -0.3 is 9.73 Å². The lowest BCUT2D eigenvalue weighted by molar-refractivity contribution is 0.437. The van der Waals surface area contributed by atoms with Crippen molar-refractivity contribution >= 4 is 27.5 Å². The van der Waals surface area contributed by atoms with Crippen molar-refractivity contribution in [2.24, 2.45) is 0 Å². The van der Waals surface area contributed by atoms with E-state index in [1.54, 1.807) is 19.2 Å². The van der Waals surface area contributed by atoms with Crippen LogP contribution in [0.15, 0.2) is 33.4 Å². The summed E-state index contributed by atoms with van der Waals surface area (Å²) in [4.78, 5) is 0. The van der Waals surface area contributed by atoms with E-state index in [0.717, 1.165) is 12.1 Å². The van der Waals surface area contributed by atoms with Crippen LogP contribution < -0.4 is 5.32 Å².